The van der Waals surface area contributed by atoms with Crippen molar-refractivity contribution < 1.29 is 9.90 Å². The van der Waals surface area contributed by atoms with E-state index in [1.807, 2.05) is 18.3 Å². The number of piperidine rings is 1. The minimum atomic E-state index is -0.929. The van der Waals surface area contributed by atoms with Gasteiger partial charge in [-0.2, -0.15) is 0 Å². The fourth-order valence-electron chi connectivity index (χ4n) is 6.09. The van der Waals surface area contributed by atoms with Gasteiger partial charge in [-0.1, -0.05) is 11.6 Å². The molecule has 1 saturated heterocycles. The predicted molar refractivity (Wildman–Crippen MR) is 126 cm³/mol. The Morgan fingerprint density at radius 3 is 2.82 bits per heavy atom. The molecule has 3 aromatic heterocycles. The van der Waals surface area contributed by atoms with Crippen molar-refractivity contribution in [2.45, 2.75) is 44.8 Å². The number of carbonyl (C=O) groups is 1. The lowest BCUT2D eigenvalue weighted by Gasteiger charge is -2.42. The number of anilines is 2. The first kappa shape index (κ1) is 20.5. The Balaban J connectivity index is 1.34. The van der Waals surface area contributed by atoms with E-state index in [-0.39, 0.29) is 12.1 Å². The quantitative estimate of drug-likeness (QED) is 0.506. The summed E-state index contributed by atoms with van der Waals surface area (Å²) in [7, 11) is 0. The molecule has 1 aliphatic carbocycles. The summed E-state index contributed by atoms with van der Waals surface area (Å²) in [6.45, 7) is 4.52. The highest BCUT2D eigenvalue weighted by Gasteiger charge is 2.44. The van der Waals surface area contributed by atoms with Crippen molar-refractivity contribution >= 4 is 40.2 Å². The number of fused-ring (bicyclic) bond motifs is 4. The summed E-state index contributed by atoms with van der Waals surface area (Å²) >= 11 is 6.35. The summed E-state index contributed by atoms with van der Waals surface area (Å²) < 4.78 is 0. The summed E-state index contributed by atoms with van der Waals surface area (Å²) in [4.78, 5) is 32.9. The molecule has 172 valence electrons. The molecule has 2 fully saturated rings. The molecular formula is C23H26ClN7O2. The third-order valence-electron chi connectivity index (χ3n) is 7.57. The van der Waals surface area contributed by atoms with Gasteiger partial charge < -0.3 is 25.2 Å². The molecule has 6 rings (SSSR count). The van der Waals surface area contributed by atoms with Crippen molar-refractivity contribution in [3.05, 3.63) is 41.1 Å². The molecule has 4 atom stereocenters. The number of hydrogen-bond acceptors (Lipinski definition) is 6. The Morgan fingerprint density at radius 2 is 2.06 bits per heavy atom. The molecule has 9 nitrogen and oxygen atoms in total. The van der Waals surface area contributed by atoms with Crippen LogP contribution in [0, 0.1) is 11.8 Å². The van der Waals surface area contributed by atoms with Crippen LogP contribution in [0.2, 0.25) is 5.15 Å². The van der Waals surface area contributed by atoms with Gasteiger partial charge in [0, 0.05) is 55.3 Å². The number of H-pyrrole nitrogens is 1. The number of rotatable bonds is 3. The first-order valence-electron chi connectivity index (χ1n) is 11.5. The average Bonchev–Trinajstić information content (AvgIpc) is 3.32. The van der Waals surface area contributed by atoms with Gasteiger partial charge in [0.25, 0.3) is 0 Å². The number of halogens is 1. The van der Waals surface area contributed by atoms with E-state index >= 15 is 0 Å². The standard InChI is InChI=1S/C23H26ClN7O2/c1-12-6-17-16(10-31(12)18-7-19(24)28-21-15(18)4-5-25-21)22(27-11-26-17)30-8-13-2-3-14(9-30)20(13)29-23(32)33/h4-5,7,11-14,20,29H,2-3,6,8-10H2,1H3,(H,25,28)(H,32,33)/t12-,13-,14+,20?/m1/s1. The van der Waals surface area contributed by atoms with Gasteiger partial charge in [0.15, 0.2) is 0 Å². The van der Waals surface area contributed by atoms with Gasteiger partial charge in [0.1, 0.15) is 22.9 Å². The van der Waals surface area contributed by atoms with E-state index in [1.165, 1.54) is 0 Å². The summed E-state index contributed by atoms with van der Waals surface area (Å²) in [6.07, 6.45) is 5.54. The van der Waals surface area contributed by atoms with E-state index < -0.39 is 6.09 Å². The Kier molecular flexibility index (Phi) is 4.83. The summed E-state index contributed by atoms with van der Waals surface area (Å²) in [6, 6.07) is 4.26. The van der Waals surface area contributed by atoms with Crippen molar-refractivity contribution in [1.29, 1.82) is 0 Å². The van der Waals surface area contributed by atoms with Crippen molar-refractivity contribution in [3.63, 3.8) is 0 Å². The van der Waals surface area contributed by atoms with Crippen LogP contribution in [-0.4, -0.2) is 56.3 Å². The molecule has 10 heteroatoms. The highest BCUT2D eigenvalue weighted by molar-refractivity contribution is 6.30. The van der Waals surface area contributed by atoms with Crippen LogP contribution in [0.1, 0.15) is 31.0 Å². The van der Waals surface area contributed by atoms with Gasteiger partial charge >= 0.3 is 6.09 Å². The predicted octanol–water partition coefficient (Wildman–Crippen LogP) is 3.44. The third kappa shape index (κ3) is 3.45. The zero-order valence-electron chi connectivity index (χ0n) is 18.3. The van der Waals surface area contributed by atoms with Crippen LogP contribution in [0.3, 0.4) is 0 Å². The highest BCUT2D eigenvalue weighted by Crippen LogP contribution is 2.41. The second-order valence-corrected chi connectivity index (χ2v) is 9.87. The molecule has 5 heterocycles. The Labute approximate surface area is 196 Å². The molecule has 3 aromatic rings. The van der Waals surface area contributed by atoms with Gasteiger partial charge in [0.2, 0.25) is 0 Å². The van der Waals surface area contributed by atoms with E-state index in [0.29, 0.717) is 23.5 Å². The van der Waals surface area contributed by atoms with E-state index in [1.54, 1.807) is 6.33 Å². The molecule has 3 aliphatic rings. The van der Waals surface area contributed by atoms with Gasteiger partial charge in [-0.15, -0.1) is 0 Å². The second kappa shape index (κ2) is 7.76. The second-order valence-electron chi connectivity index (χ2n) is 9.49. The minimum Gasteiger partial charge on any atom is -0.465 e. The number of aromatic amines is 1. The maximum absolute atomic E-state index is 11.3. The highest BCUT2D eigenvalue weighted by atomic mass is 35.5. The summed E-state index contributed by atoms with van der Waals surface area (Å²) in [5, 5.41) is 13.5. The van der Waals surface area contributed by atoms with Crippen LogP contribution in [0.5, 0.6) is 0 Å². The molecule has 1 amide bonds. The Bertz CT molecular complexity index is 1220. The van der Waals surface area contributed by atoms with Gasteiger partial charge in [-0.25, -0.2) is 19.7 Å². The number of hydrogen-bond donors (Lipinski definition) is 3. The molecule has 0 radical (unpaired) electrons. The molecule has 2 aliphatic heterocycles. The topological polar surface area (TPSA) is 110 Å². The Morgan fingerprint density at radius 1 is 1.27 bits per heavy atom. The number of carboxylic acid groups (broad SMARTS) is 1. The maximum Gasteiger partial charge on any atom is 0.404 e. The lowest BCUT2D eigenvalue weighted by molar-refractivity contribution is 0.178. The molecule has 1 unspecified atom stereocenters. The Hall–Kier alpha value is -3.07. The average molecular weight is 468 g/mol. The summed E-state index contributed by atoms with van der Waals surface area (Å²) in [5.74, 6) is 1.60. The number of nitrogens with one attached hydrogen (secondary N) is 2. The monoisotopic (exact) mass is 467 g/mol. The van der Waals surface area contributed by atoms with E-state index in [0.717, 1.165) is 66.1 Å². The van der Waals surface area contributed by atoms with Gasteiger partial charge in [-0.3, -0.25) is 0 Å². The minimum absolute atomic E-state index is 0.0359. The lowest BCUT2D eigenvalue weighted by Crippen LogP contribution is -2.53. The van der Waals surface area contributed by atoms with E-state index in [2.05, 4.69) is 37.0 Å². The van der Waals surface area contributed by atoms with Gasteiger partial charge in [0.05, 0.1) is 11.4 Å². The molecule has 0 aromatic carbocycles. The van der Waals surface area contributed by atoms with Crippen LogP contribution >= 0.6 is 11.6 Å². The van der Waals surface area contributed by atoms with Crippen molar-refractivity contribution in [1.82, 2.24) is 25.3 Å². The lowest BCUT2D eigenvalue weighted by atomic mass is 9.91. The fourth-order valence-corrected chi connectivity index (χ4v) is 6.28. The zero-order valence-corrected chi connectivity index (χ0v) is 19.1. The van der Waals surface area contributed by atoms with Crippen molar-refractivity contribution in [3.8, 4) is 0 Å². The third-order valence-corrected chi connectivity index (χ3v) is 7.76. The van der Waals surface area contributed by atoms with E-state index in [4.69, 9.17) is 16.6 Å². The smallest absolute Gasteiger partial charge is 0.404 e. The van der Waals surface area contributed by atoms with Crippen molar-refractivity contribution in [2.75, 3.05) is 22.9 Å². The number of nitrogens with zero attached hydrogens (tertiary/aromatic N) is 5. The summed E-state index contributed by atoms with van der Waals surface area (Å²) in [5.41, 5.74) is 4.08. The van der Waals surface area contributed by atoms with Crippen LogP contribution in [0.4, 0.5) is 16.3 Å². The number of pyridine rings is 1. The van der Waals surface area contributed by atoms with Crippen LogP contribution < -0.4 is 15.1 Å². The fraction of sp³-hybridized carbons (Fsp3) is 0.478. The zero-order chi connectivity index (χ0) is 22.7. The van der Waals surface area contributed by atoms with Crippen LogP contribution in [0.15, 0.2) is 24.7 Å². The first-order valence-corrected chi connectivity index (χ1v) is 11.8. The van der Waals surface area contributed by atoms with Crippen LogP contribution in [0.25, 0.3) is 11.0 Å². The molecule has 33 heavy (non-hydrogen) atoms. The van der Waals surface area contributed by atoms with Crippen molar-refractivity contribution in [2.24, 2.45) is 11.8 Å². The molecule has 1 saturated carbocycles. The maximum atomic E-state index is 11.3. The molecule has 0 spiro atoms. The first-order chi connectivity index (χ1) is 16.0. The molecular weight excluding hydrogens is 442 g/mol. The molecule has 3 N–H and O–H groups in total. The van der Waals surface area contributed by atoms with Crippen LogP contribution in [-0.2, 0) is 13.0 Å². The van der Waals surface area contributed by atoms with Gasteiger partial charge in [-0.05, 0) is 43.7 Å². The largest absolute Gasteiger partial charge is 0.465 e. The number of amides is 1. The SMILES string of the molecule is C[C@@H]1Cc2ncnc(N3C[C@H]4CC[C@@H](C3)C4NC(=O)O)c2CN1c1cc(Cl)nc2[nH]ccc12. The normalized spacial score (nSPS) is 26.5. The number of aromatic nitrogens is 4. The molecule has 2 bridgehead atoms. The van der Waals surface area contributed by atoms with E-state index in [9.17, 15) is 9.90 Å².